The van der Waals surface area contributed by atoms with Crippen molar-refractivity contribution in [2.45, 2.75) is 45.1 Å². The zero-order valence-electron chi connectivity index (χ0n) is 10.8. The second kappa shape index (κ2) is 7.10. The van der Waals surface area contributed by atoms with Crippen LogP contribution in [0, 0.1) is 17.7 Å². The van der Waals surface area contributed by atoms with Crippen LogP contribution in [0.2, 0.25) is 0 Å². The Morgan fingerprint density at radius 3 is 2.83 bits per heavy atom. The zero-order valence-corrected chi connectivity index (χ0v) is 11.6. The van der Waals surface area contributed by atoms with Crippen LogP contribution in [0.1, 0.15) is 50.7 Å². The molecule has 1 aromatic carbocycles. The van der Waals surface area contributed by atoms with Crippen molar-refractivity contribution in [1.29, 1.82) is 0 Å². The number of hydrogen-bond acceptors (Lipinski definition) is 1. The van der Waals surface area contributed by atoms with Crippen molar-refractivity contribution < 1.29 is 9.50 Å². The van der Waals surface area contributed by atoms with E-state index >= 15 is 0 Å². The summed E-state index contributed by atoms with van der Waals surface area (Å²) in [5, 5.41) is 10.3. The third-order valence-electron chi connectivity index (χ3n) is 3.92. The van der Waals surface area contributed by atoms with Crippen LogP contribution in [-0.4, -0.2) is 5.11 Å². The van der Waals surface area contributed by atoms with Gasteiger partial charge >= 0.3 is 0 Å². The van der Waals surface area contributed by atoms with E-state index in [4.69, 9.17) is 0 Å². The molecule has 1 saturated carbocycles. The summed E-state index contributed by atoms with van der Waals surface area (Å²) in [6.07, 6.45) is 5.35. The van der Waals surface area contributed by atoms with Crippen molar-refractivity contribution in [2.24, 2.45) is 11.8 Å². The van der Waals surface area contributed by atoms with Gasteiger partial charge in [-0.2, -0.15) is 0 Å². The van der Waals surface area contributed by atoms with Crippen LogP contribution >= 0.6 is 12.4 Å². The maximum atomic E-state index is 13.1. The molecule has 1 nitrogen and oxygen atoms in total. The molecule has 1 aliphatic carbocycles. The monoisotopic (exact) mass is 272 g/mol. The van der Waals surface area contributed by atoms with Gasteiger partial charge in [0.15, 0.2) is 0 Å². The minimum Gasteiger partial charge on any atom is -0.388 e. The molecule has 0 radical (unpaired) electrons. The van der Waals surface area contributed by atoms with Crippen molar-refractivity contribution in [3.8, 4) is 0 Å². The Hall–Kier alpha value is -0.600. The second-order valence-corrected chi connectivity index (χ2v) is 5.23. The number of aliphatic hydroxyl groups is 1. The Bertz CT molecular complexity index is 369. The van der Waals surface area contributed by atoms with Crippen molar-refractivity contribution in [3.05, 3.63) is 35.6 Å². The molecule has 2 rings (SSSR count). The minimum absolute atomic E-state index is 0. The van der Waals surface area contributed by atoms with Gasteiger partial charge in [-0.05, 0) is 42.4 Å². The van der Waals surface area contributed by atoms with Crippen molar-refractivity contribution in [1.82, 2.24) is 0 Å². The second-order valence-electron chi connectivity index (χ2n) is 5.23. The highest BCUT2D eigenvalue weighted by Crippen LogP contribution is 2.40. The van der Waals surface area contributed by atoms with Gasteiger partial charge in [0.2, 0.25) is 0 Å². The maximum absolute atomic E-state index is 13.1. The molecular formula is C15H22ClFO. The highest BCUT2D eigenvalue weighted by molar-refractivity contribution is 5.85. The van der Waals surface area contributed by atoms with E-state index in [9.17, 15) is 9.50 Å². The molecule has 0 amide bonds. The summed E-state index contributed by atoms with van der Waals surface area (Å²) in [5.41, 5.74) is 0.729. The molecule has 1 N–H and O–H groups in total. The average molecular weight is 273 g/mol. The number of halogens is 2. The first-order valence-electron chi connectivity index (χ1n) is 6.64. The predicted octanol–water partition coefficient (Wildman–Crippen LogP) is 4.50. The smallest absolute Gasteiger partial charge is 0.123 e. The van der Waals surface area contributed by atoms with Crippen LogP contribution in [-0.2, 0) is 0 Å². The van der Waals surface area contributed by atoms with Crippen LogP contribution in [0.3, 0.4) is 0 Å². The van der Waals surface area contributed by atoms with Crippen LogP contribution < -0.4 is 0 Å². The quantitative estimate of drug-likeness (QED) is 0.856. The molecule has 0 aromatic heterocycles. The Kier molecular flexibility index (Phi) is 6.10. The fraction of sp³-hybridized carbons (Fsp3) is 0.600. The summed E-state index contributed by atoms with van der Waals surface area (Å²) >= 11 is 0. The van der Waals surface area contributed by atoms with Crippen molar-refractivity contribution in [3.63, 3.8) is 0 Å². The maximum Gasteiger partial charge on any atom is 0.123 e. The standard InChI is InChI=1S/C15H21FO.ClH/c1-2-4-11-7-8-13(9-11)15(17)12-5-3-6-14(16)10-12;/h3,5-6,10-11,13,15,17H,2,4,7-9H2,1H3;1H/t11-,13+,15-;/m0./s1. The summed E-state index contributed by atoms with van der Waals surface area (Å²) in [6.45, 7) is 2.20. The predicted molar refractivity (Wildman–Crippen MR) is 74.3 cm³/mol. The summed E-state index contributed by atoms with van der Waals surface area (Å²) in [5.74, 6) is 0.811. The SMILES string of the molecule is CCC[C@H]1CC[C@@H]([C@@H](O)c2cccc(F)c2)C1.Cl. The third-order valence-corrected chi connectivity index (χ3v) is 3.92. The van der Waals surface area contributed by atoms with Gasteiger partial charge in [-0.1, -0.05) is 38.3 Å². The Morgan fingerprint density at radius 1 is 1.39 bits per heavy atom. The van der Waals surface area contributed by atoms with E-state index in [1.165, 1.54) is 31.4 Å². The molecule has 0 unspecified atom stereocenters. The Balaban J connectivity index is 0.00000162. The number of benzene rings is 1. The molecule has 102 valence electrons. The molecule has 3 atom stereocenters. The van der Waals surface area contributed by atoms with Crippen LogP contribution in [0.25, 0.3) is 0 Å². The molecule has 1 fully saturated rings. The van der Waals surface area contributed by atoms with E-state index in [-0.39, 0.29) is 18.2 Å². The first-order chi connectivity index (χ1) is 8.20. The first kappa shape index (κ1) is 15.5. The first-order valence-corrected chi connectivity index (χ1v) is 6.64. The number of hydrogen-bond donors (Lipinski definition) is 1. The summed E-state index contributed by atoms with van der Waals surface area (Å²) in [4.78, 5) is 0. The van der Waals surface area contributed by atoms with E-state index in [0.29, 0.717) is 5.92 Å². The van der Waals surface area contributed by atoms with Gasteiger partial charge in [-0.15, -0.1) is 12.4 Å². The lowest BCUT2D eigenvalue weighted by Gasteiger charge is -2.18. The van der Waals surface area contributed by atoms with Gasteiger partial charge in [0.1, 0.15) is 5.82 Å². The topological polar surface area (TPSA) is 20.2 Å². The summed E-state index contributed by atoms with van der Waals surface area (Å²) in [7, 11) is 0. The van der Waals surface area contributed by atoms with Gasteiger partial charge in [-0.25, -0.2) is 4.39 Å². The van der Waals surface area contributed by atoms with Gasteiger partial charge in [-0.3, -0.25) is 0 Å². The largest absolute Gasteiger partial charge is 0.388 e. The van der Waals surface area contributed by atoms with E-state index in [1.54, 1.807) is 6.07 Å². The van der Waals surface area contributed by atoms with Crippen LogP contribution in [0.15, 0.2) is 24.3 Å². The molecule has 0 heterocycles. The third kappa shape index (κ3) is 3.69. The van der Waals surface area contributed by atoms with E-state index in [0.717, 1.165) is 24.3 Å². The van der Waals surface area contributed by atoms with E-state index in [2.05, 4.69) is 6.92 Å². The average Bonchev–Trinajstić information content (AvgIpc) is 2.77. The van der Waals surface area contributed by atoms with Crippen molar-refractivity contribution >= 4 is 12.4 Å². The van der Waals surface area contributed by atoms with Crippen LogP contribution in [0.5, 0.6) is 0 Å². The van der Waals surface area contributed by atoms with Gasteiger partial charge in [0.25, 0.3) is 0 Å². The lowest BCUT2D eigenvalue weighted by Crippen LogP contribution is -2.10. The highest BCUT2D eigenvalue weighted by atomic mass is 35.5. The molecule has 3 heteroatoms. The molecule has 1 aliphatic rings. The molecule has 1 aromatic rings. The highest BCUT2D eigenvalue weighted by Gasteiger charge is 2.30. The Morgan fingerprint density at radius 2 is 2.17 bits per heavy atom. The fourth-order valence-electron chi connectivity index (χ4n) is 3.03. The number of aliphatic hydroxyl groups excluding tert-OH is 1. The van der Waals surface area contributed by atoms with Crippen LogP contribution in [0.4, 0.5) is 4.39 Å². The normalized spacial score (nSPS) is 24.6. The Labute approximate surface area is 115 Å². The lowest BCUT2D eigenvalue weighted by atomic mass is 9.92. The van der Waals surface area contributed by atoms with Crippen molar-refractivity contribution in [2.75, 3.05) is 0 Å². The molecule has 0 spiro atoms. The fourth-order valence-corrected chi connectivity index (χ4v) is 3.03. The minimum atomic E-state index is -0.493. The summed E-state index contributed by atoms with van der Waals surface area (Å²) in [6, 6.07) is 6.37. The molecule has 0 saturated heterocycles. The zero-order chi connectivity index (χ0) is 12.3. The summed E-state index contributed by atoms with van der Waals surface area (Å²) < 4.78 is 13.1. The molecular weight excluding hydrogens is 251 g/mol. The van der Waals surface area contributed by atoms with Gasteiger partial charge in [0, 0.05) is 0 Å². The van der Waals surface area contributed by atoms with E-state index in [1.807, 2.05) is 6.07 Å². The molecule has 18 heavy (non-hydrogen) atoms. The lowest BCUT2D eigenvalue weighted by molar-refractivity contribution is 0.108. The van der Waals surface area contributed by atoms with Gasteiger partial charge in [0.05, 0.1) is 6.10 Å². The van der Waals surface area contributed by atoms with Gasteiger partial charge < -0.3 is 5.11 Å². The van der Waals surface area contributed by atoms with E-state index < -0.39 is 6.10 Å². The molecule has 0 bridgehead atoms. The number of rotatable bonds is 4. The molecule has 0 aliphatic heterocycles.